The maximum Gasteiger partial charge on any atom is 0.326 e. The average molecular weight is 522 g/mol. The normalized spacial score (nSPS) is 28.4. The van der Waals surface area contributed by atoms with E-state index in [0.717, 1.165) is 5.56 Å². The first kappa shape index (κ1) is 26.8. The van der Waals surface area contributed by atoms with Gasteiger partial charge in [-0.3, -0.25) is 14.9 Å². The van der Waals surface area contributed by atoms with Gasteiger partial charge in [0.25, 0.3) is 5.09 Å². The highest BCUT2D eigenvalue weighted by atomic mass is 17.0. The minimum absolute atomic E-state index is 0.00733. The van der Waals surface area contributed by atoms with Crippen LogP contribution >= 0.6 is 0 Å². The molecule has 7 atom stereocenters. The van der Waals surface area contributed by atoms with Gasteiger partial charge in [0.1, 0.15) is 24.3 Å². The quantitative estimate of drug-likeness (QED) is 0.234. The Morgan fingerprint density at radius 2 is 1.86 bits per heavy atom. The van der Waals surface area contributed by atoms with Gasteiger partial charge in [-0.25, -0.2) is 4.79 Å². The molecule has 4 rings (SSSR count). The van der Waals surface area contributed by atoms with Gasteiger partial charge in [-0.15, -0.1) is 10.1 Å². The van der Waals surface area contributed by atoms with Crippen LogP contribution in [0.2, 0.25) is 0 Å². The summed E-state index contributed by atoms with van der Waals surface area (Å²) in [6.45, 7) is 1.86. The average Bonchev–Trinajstić information content (AvgIpc) is 3.60. The predicted octanol–water partition coefficient (Wildman–Crippen LogP) is 0.328. The fraction of sp³-hybridized carbons (Fsp3) is 0.625. The number of ether oxygens (including phenoxy) is 3. The monoisotopic (exact) mass is 521 g/mol. The highest BCUT2D eigenvalue weighted by molar-refractivity contribution is 5.88. The van der Waals surface area contributed by atoms with E-state index in [4.69, 9.17) is 14.2 Å². The van der Waals surface area contributed by atoms with Gasteiger partial charge >= 0.3 is 11.9 Å². The van der Waals surface area contributed by atoms with E-state index in [1.807, 2.05) is 30.3 Å². The number of carboxylic acid groups (broad SMARTS) is 1. The van der Waals surface area contributed by atoms with Crippen LogP contribution in [-0.2, 0) is 39.9 Å². The molecule has 1 amide bonds. The van der Waals surface area contributed by atoms with Crippen molar-refractivity contribution in [2.75, 3.05) is 19.8 Å². The molecule has 3 heterocycles. The number of nitrogens with zero attached hydrogens (tertiary/aromatic N) is 2. The Labute approximate surface area is 213 Å². The maximum absolute atomic E-state index is 13.3. The maximum atomic E-state index is 13.3. The number of carbonyl (C=O) groups excluding carboxylic acids is 2. The number of esters is 1. The first-order valence-electron chi connectivity index (χ1n) is 12.3. The van der Waals surface area contributed by atoms with Crippen molar-refractivity contribution in [3.05, 3.63) is 46.0 Å². The number of fused-ring (bicyclic) bond motifs is 1. The number of rotatable bonds is 11. The molecule has 0 aliphatic carbocycles. The highest BCUT2D eigenvalue weighted by Crippen LogP contribution is 2.31. The SMILES string of the molecule is C[C@H](N[C@@H](CCc1ccccc1)C(=O)O[C@H]1COC2C1OC[C@H]2O[N+](=O)[O-])C(=O)N1CCCC1C(=O)O. The number of carboxylic acids is 1. The van der Waals surface area contributed by atoms with Gasteiger partial charge in [-0.2, -0.15) is 0 Å². The van der Waals surface area contributed by atoms with E-state index in [9.17, 15) is 29.6 Å². The summed E-state index contributed by atoms with van der Waals surface area (Å²) >= 11 is 0. The lowest BCUT2D eigenvalue weighted by Gasteiger charge is -2.28. The fourth-order valence-corrected chi connectivity index (χ4v) is 5.10. The van der Waals surface area contributed by atoms with Crippen LogP contribution in [0.5, 0.6) is 0 Å². The van der Waals surface area contributed by atoms with Gasteiger partial charge in [-0.05, 0) is 38.2 Å². The van der Waals surface area contributed by atoms with Crippen LogP contribution in [0.3, 0.4) is 0 Å². The molecule has 0 aromatic heterocycles. The summed E-state index contributed by atoms with van der Waals surface area (Å²) in [4.78, 5) is 54.5. The topological polar surface area (TPSA) is 167 Å². The van der Waals surface area contributed by atoms with E-state index in [1.165, 1.54) is 4.90 Å². The van der Waals surface area contributed by atoms with E-state index in [-0.39, 0.29) is 13.2 Å². The highest BCUT2D eigenvalue weighted by Gasteiger charge is 2.51. The minimum atomic E-state index is -1.05. The largest absolute Gasteiger partial charge is 0.480 e. The lowest BCUT2D eigenvalue weighted by Crippen LogP contribution is -2.53. The number of hydrogen-bond acceptors (Lipinski definition) is 10. The van der Waals surface area contributed by atoms with Gasteiger partial charge in [-0.1, -0.05) is 30.3 Å². The number of aryl methyl sites for hydroxylation is 1. The van der Waals surface area contributed by atoms with E-state index >= 15 is 0 Å². The van der Waals surface area contributed by atoms with Crippen molar-refractivity contribution in [3.8, 4) is 0 Å². The first-order chi connectivity index (χ1) is 17.7. The number of hydrogen-bond donors (Lipinski definition) is 2. The summed E-state index contributed by atoms with van der Waals surface area (Å²) in [6.07, 6.45) is -1.31. The third-order valence-corrected chi connectivity index (χ3v) is 6.94. The number of likely N-dealkylation sites (tertiary alicyclic amines) is 1. The van der Waals surface area contributed by atoms with Crippen LogP contribution in [0.25, 0.3) is 0 Å². The summed E-state index contributed by atoms with van der Waals surface area (Å²) in [5.41, 5.74) is 0.995. The predicted molar refractivity (Wildman–Crippen MR) is 125 cm³/mol. The number of aliphatic carboxylic acids is 1. The lowest BCUT2D eigenvalue weighted by atomic mass is 10.0. The molecule has 3 fully saturated rings. The lowest BCUT2D eigenvalue weighted by molar-refractivity contribution is -0.769. The smallest absolute Gasteiger partial charge is 0.326 e. The van der Waals surface area contributed by atoms with Gasteiger partial charge in [0.05, 0.1) is 19.3 Å². The second-order valence-electron chi connectivity index (χ2n) is 9.43. The molecule has 0 radical (unpaired) electrons. The van der Waals surface area contributed by atoms with Crippen LogP contribution in [-0.4, -0.2) is 95.2 Å². The number of nitrogens with one attached hydrogen (secondary N) is 1. The Balaban J connectivity index is 1.41. The molecule has 1 aromatic rings. The molecule has 37 heavy (non-hydrogen) atoms. The Morgan fingerprint density at radius 1 is 1.19 bits per heavy atom. The second kappa shape index (κ2) is 11.8. The van der Waals surface area contributed by atoms with E-state index in [1.54, 1.807) is 6.92 Å². The molecule has 3 saturated heterocycles. The Morgan fingerprint density at radius 3 is 2.54 bits per heavy atom. The molecular weight excluding hydrogens is 490 g/mol. The molecule has 13 heteroatoms. The van der Waals surface area contributed by atoms with Crippen molar-refractivity contribution in [2.24, 2.45) is 0 Å². The number of benzene rings is 1. The molecule has 0 spiro atoms. The summed E-state index contributed by atoms with van der Waals surface area (Å²) < 4.78 is 16.8. The van der Waals surface area contributed by atoms with Crippen LogP contribution in [0.4, 0.5) is 0 Å². The fourth-order valence-electron chi connectivity index (χ4n) is 5.10. The van der Waals surface area contributed by atoms with Gasteiger partial charge in [0.2, 0.25) is 5.91 Å². The molecule has 0 bridgehead atoms. The molecular formula is C24H31N3O10. The van der Waals surface area contributed by atoms with Gasteiger partial charge in [0, 0.05) is 6.54 Å². The first-order valence-corrected chi connectivity index (χ1v) is 12.3. The van der Waals surface area contributed by atoms with Crippen molar-refractivity contribution in [1.29, 1.82) is 0 Å². The number of amides is 1. The molecule has 202 valence electrons. The van der Waals surface area contributed by atoms with Crippen LogP contribution in [0, 0.1) is 10.1 Å². The molecule has 0 saturated carbocycles. The van der Waals surface area contributed by atoms with E-state index in [0.29, 0.717) is 32.2 Å². The standard InChI is InChI=1S/C24H31N3O10/c1-14(22(28)26-11-5-8-17(26)23(29)30)25-16(10-9-15-6-3-2-4-7-15)24(31)36-18-12-34-21-19(37-27(32)33)13-35-20(18)21/h2-4,6-7,14,16-21,25H,5,8-13H2,1H3,(H,29,30)/t14-,16-,17?,18-,19+,20?,21?/m0/s1. The van der Waals surface area contributed by atoms with Crippen molar-refractivity contribution in [1.82, 2.24) is 10.2 Å². The molecule has 13 nitrogen and oxygen atoms in total. The Kier molecular flexibility index (Phi) is 8.56. The zero-order valence-corrected chi connectivity index (χ0v) is 20.4. The van der Waals surface area contributed by atoms with Crippen LogP contribution in [0.15, 0.2) is 30.3 Å². The van der Waals surface area contributed by atoms with E-state index < -0.39 is 65.5 Å². The van der Waals surface area contributed by atoms with Crippen LogP contribution in [0.1, 0.15) is 31.7 Å². The minimum Gasteiger partial charge on any atom is -0.480 e. The molecule has 1 aromatic carbocycles. The van der Waals surface area contributed by atoms with Crippen molar-refractivity contribution < 1.29 is 43.6 Å². The molecule has 3 unspecified atom stereocenters. The van der Waals surface area contributed by atoms with Crippen molar-refractivity contribution in [2.45, 2.75) is 75.1 Å². The van der Waals surface area contributed by atoms with E-state index in [2.05, 4.69) is 10.2 Å². The Hall–Kier alpha value is -3.29. The summed E-state index contributed by atoms with van der Waals surface area (Å²) in [7, 11) is 0. The second-order valence-corrected chi connectivity index (χ2v) is 9.43. The van der Waals surface area contributed by atoms with Crippen LogP contribution < -0.4 is 5.32 Å². The third-order valence-electron chi connectivity index (χ3n) is 6.94. The summed E-state index contributed by atoms with van der Waals surface area (Å²) in [5, 5.41) is 22.3. The summed E-state index contributed by atoms with van der Waals surface area (Å²) in [5.74, 6) is -2.07. The van der Waals surface area contributed by atoms with Crippen molar-refractivity contribution >= 4 is 17.8 Å². The van der Waals surface area contributed by atoms with Crippen molar-refractivity contribution in [3.63, 3.8) is 0 Å². The zero-order chi connectivity index (χ0) is 26.5. The molecule has 3 aliphatic heterocycles. The number of carbonyl (C=O) groups is 3. The van der Waals surface area contributed by atoms with Gasteiger partial charge in [0.15, 0.2) is 12.2 Å². The molecule has 2 N–H and O–H groups in total. The third kappa shape index (κ3) is 6.35. The Bertz CT molecular complexity index is 992. The molecule has 3 aliphatic rings. The summed E-state index contributed by atoms with van der Waals surface area (Å²) in [6, 6.07) is 6.92. The van der Waals surface area contributed by atoms with Gasteiger partial charge < -0.3 is 29.1 Å². The zero-order valence-electron chi connectivity index (χ0n) is 20.4.